The number of hydrogen-bond donors (Lipinski definition) is 0. The molecule has 8 heteroatoms. The van der Waals surface area contributed by atoms with E-state index in [1.54, 1.807) is 18.2 Å². The van der Waals surface area contributed by atoms with Gasteiger partial charge in [-0.3, -0.25) is 0 Å². The number of halogens is 1. The molecule has 0 aliphatic carbocycles. The van der Waals surface area contributed by atoms with E-state index in [0.29, 0.717) is 37.2 Å². The lowest BCUT2D eigenvalue weighted by Crippen LogP contribution is -2.48. The van der Waals surface area contributed by atoms with Gasteiger partial charge in [-0.2, -0.15) is 9.29 Å². The van der Waals surface area contributed by atoms with Crippen molar-refractivity contribution < 1.29 is 12.8 Å². The van der Waals surface area contributed by atoms with Crippen LogP contribution >= 0.6 is 11.6 Å². The number of benzene rings is 2. The predicted molar refractivity (Wildman–Crippen MR) is 96.4 cm³/mol. The minimum atomic E-state index is -3.54. The molecule has 1 saturated heterocycles. The fourth-order valence-corrected chi connectivity index (χ4v) is 4.62. The monoisotopic (exact) mass is 377 g/mol. The summed E-state index contributed by atoms with van der Waals surface area (Å²) in [6.45, 7) is 1.78. The molecule has 0 unspecified atom stereocenters. The normalized spacial score (nSPS) is 16.4. The van der Waals surface area contributed by atoms with Crippen molar-refractivity contribution in [2.75, 3.05) is 31.1 Å². The quantitative estimate of drug-likeness (QED) is 0.702. The number of aromatic nitrogens is 1. The lowest BCUT2D eigenvalue weighted by Gasteiger charge is -2.33. The highest BCUT2D eigenvalue weighted by Crippen LogP contribution is 2.25. The number of hydrogen-bond acceptors (Lipinski definition) is 5. The van der Waals surface area contributed by atoms with Crippen LogP contribution in [0.5, 0.6) is 0 Å². The summed E-state index contributed by atoms with van der Waals surface area (Å²) in [4.78, 5) is 6.65. The maximum Gasteiger partial charge on any atom is 0.298 e. The van der Waals surface area contributed by atoms with Crippen molar-refractivity contribution in [1.82, 2.24) is 9.29 Å². The van der Waals surface area contributed by atoms with E-state index in [1.807, 2.05) is 29.2 Å². The zero-order valence-corrected chi connectivity index (χ0v) is 14.9. The van der Waals surface area contributed by atoms with Crippen LogP contribution in [0.2, 0.25) is 5.02 Å². The maximum absolute atomic E-state index is 12.7. The summed E-state index contributed by atoms with van der Waals surface area (Å²) in [6.07, 6.45) is 0. The van der Waals surface area contributed by atoms with Crippen LogP contribution in [0.4, 0.5) is 6.01 Å². The predicted octanol–water partition coefficient (Wildman–Crippen LogP) is 2.99. The molecule has 1 aliphatic heterocycles. The van der Waals surface area contributed by atoms with Crippen molar-refractivity contribution in [1.29, 1.82) is 0 Å². The molecule has 0 saturated carbocycles. The molecule has 2 heterocycles. The summed E-state index contributed by atoms with van der Waals surface area (Å²) in [6, 6.07) is 14.4. The van der Waals surface area contributed by atoms with E-state index >= 15 is 0 Å². The topological polar surface area (TPSA) is 66.7 Å². The second-order valence-electron chi connectivity index (χ2n) is 5.81. The van der Waals surface area contributed by atoms with Crippen LogP contribution in [0.25, 0.3) is 11.1 Å². The van der Waals surface area contributed by atoms with Crippen molar-refractivity contribution in [2.24, 2.45) is 0 Å². The molecule has 0 N–H and O–H groups in total. The molecule has 6 nitrogen and oxygen atoms in total. The molecule has 0 amide bonds. The van der Waals surface area contributed by atoms with Crippen LogP contribution in [0, 0.1) is 0 Å². The SMILES string of the molecule is O=S(=O)(c1cccc(Cl)c1)N1CCN(c2nc3ccccc3o2)CC1. The Morgan fingerprint density at radius 2 is 1.76 bits per heavy atom. The Labute approximate surface area is 150 Å². The van der Waals surface area contributed by atoms with E-state index in [2.05, 4.69) is 4.98 Å². The van der Waals surface area contributed by atoms with Crippen LogP contribution in [0.1, 0.15) is 0 Å². The van der Waals surface area contributed by atoms with E-state index in [-0.39, 0.29) is 4.90 Å². The van der Waals surface area contributed by atoms with E-state index in [1.165, 1.54) is 10.4 Å². The third kappa shape index (κ3) is 3.10. The fraction of sp³-hybridized carbons (Fsp3) is 0.235. The van der Waals surface area contributed by atoms with Gasteiger partial charge in [0.15, 0.2) is 5.58 Å². The molecule has 0 atom stereocenters. The number of piperazine rings is 1. The van der Waals surface area contributed by atoms with Gasteiger partial charge in [0.2, 0.25) is 10.0 Å². The van der Waals surface area contributed by atoms with Crippen molar-refractivity contribution in [3.05, 3.63) is 53.6 Å². The molecule has 0 bridgehead atoms. The summed E-state index contributed by atoms with van der Waals surface area (Å²) >= 11 is 5.92. The molecule has 1 aliphatic rings. The Morgan fingerprint density at radius 1 is 1.00 bits per heavy atom. The second-order valence-corrected chi connectivity index (χ2v) is 8.19. The number of fused-ring (bicyclic) bond motifs is 1. The first-order valence-corrected chi connectivity index (χ1v) is 9.72. The highest BCUT2D eigenvalue weighted by Gasteiger charge is 2.30. The van der Waals surface area contributed by atoms with Crippen molar-refractivity contribution in [3.8, 4) is 0 Å². The van der Waals surface area contributed by atoms with Crippen molar-refractivity contribution in [2.45, 2.75) is 4.90 Å². The minimum Gasteiger partial charge on any atom is -0.423 e. The molecular formula is C17H16ClN3O3S. The Balaban J connectivity index is 1.51. The summed E-state index contributed by atoms with van der Waals surface area (Å²) in [7, 11) is -3.54. The molecule has 0 radical (unpaired) electrons. The van der Waals surface area contributed by atoms with Crippen LogP contribution < -0.4 is 4.90 Å². The van der Waals surface area contributed by atoms with Gasteiger partial charge in [0.25, 0.3) is 6.01 Å². The first kappa shape index (κ1) is 16.4. The highest BCUT2D eigenvalue weighted by molar-refractivity contribution is 7.89. The number of anilines is 1. The van der Waals surface area contributed by atoms with Gasteiger partial charge in [0.1, 0.15) is 5.52 Å². The van der Waals surface area contributed by atoms with Gasteiger partial charge in [-0.05, 0) is 30.3 Å². The molecule has 0 spiro atoms. The molecule has 130 valence electrons. The third-order valence-corrected chi connectivity index (χ3v) is 6.36. The number of para-hydroxylation sites is 2. The lowest BCUT2D eigenvalue weighted by atomic mass is 10.3. The smallest absolute Gasteiger partial charge is 0.298 e. The molecule has 1 fully saturated rings. The van der Waals surface area contributed by atoms with E-state index in [9.17, 15) is 8.42 Å². The maximum atomic E-state index is 12.7. The minimum absolute atomic E-state index is 0.218. The van der Waals surface area contributed by atoms with Crippen LogP contribution in [-0.4, -0.2) is 43.9 Å². The Hall–Kier alpha value is -2.09. The van der Waals surface area contributed by atoms with Crippen LogP contribution in [0.15, 0.2) is 57.8 Å². The zero-order valence-electron chi connectivity index (χ0n) is 13.3. The van der Waals surface area contributed by atoms with Gasteiger partial charge in [-0.25, -0.2) is 8.42 Å². The Bertz CT molecular complexity index is 978. The van der Waals surface area contributed by atoms with Gasteiger partial charge in [0.05, 0.1) is 4.90 Å². The molecule has 1 aromatic heterocycles. The second kappa shape index (κ2) is 6.33. The van der Waals surface area contributed by atoms with E-state index < -0.39 is 10.0 Å². The summed E-state index contributed by atoms with van der Waals surface area (Å²) < 4.78 is 32.7. The molecule has 2 aromatic carbocycles. The largest absolute Gasteiger partial charge is 0.423 e. The standard InChI is InChI=1S/C17H16ClN3O3S/c18-13-4-3-5-14(12-13)25(22,23)21-10-8-20(9-11-21)17-19-15-6-1-2-7-16(15)24-17/h1-7,12H,8-11H2. The van der Waals surface area contributed by atoms with Gasteiger partial charge in [-0.1, -0.05) is 29.8 Å². The average molecular weight is 378 g/mol. The van der Waals surface area contributed by atoms with E-state index in [0.717, 1.165) is 11.1 Å². The van der Waals surface area contributed by atoms with Gasteiger partial charge in [0, 0.05) is 31.2 Å². The number of nitrogens with zero attached hydrogens (tertiary/aromatic N) is 3. The number of rotatable bonds is 3. The van der Waals surface area contributed by atoms with Gasteiger partial charge >= 0.3 is 0 Å². The van der Waals surface area contributed by atoms with Crippen molar-refractivity contribution in [3.63, 3.8) is 0 Å². The summed E-state index contributed by atoms with van der Waals surface area (Å²) in [5.74, 6) is 0. The first-order valence-electron chi connectivity index (χ1n) is 7.90. The van der Waals surface area contributed by atoms with Crippen LogP contribution in [0.3, 0.4) is 0 Å². The third-order valence-electron chi connectivity index (χ3n) is 4.23. The lowest BCUT2D eigenvalue weighted by molar-refractivity contribution is 0.373. The number of sulfonamides is 1. The summed E-state index contributed by atoms with van der Waals surface area (Å²) in [5.41, 5.74) is 1.53. The van der Waals surface area contributed by atoms with Gasteiger partial charge < -0.3 is 9.32 Å². The average Bonchev–Trinajstić information content (AvgIpc) is 3.06. The molecular weight excluding hydrogens is 362 g/mol. The Kier molecular flexibility index (Phi) is 4.15. The molecule has 3 aromatic rings. The molecule has 25 heavy (non-hydrogen) atoms. The van der Waals surface area contributed by atoms with Gasteiger partial charge in [-0.15, -0.1) is 0 Å². The van der Waals surface area contributed by atoms with Crippen molar-refractivity contribution >= 4 is 38.7 Å². The van der Waals surface area contributed by atoms with E-state index in [4.69, 9.17) is 16.0 Å². The zero-order chi connectivity index (χ0) is 17.4. The first-order chi connectivity index (χ1) is 12.0. The molecule has 4 rings (SSSR count). The summed E-state index contributed by atoms with van der Waals surface area (Å²) in [5, 5.41) is 0.409. The van der Waals surface area contributed by atoms with Crippen LogP contribution in [-0.2, 0) is 10.0 Å². The number of oxazole rings is 1. The highest BCUT2D eigenvalue weighted by atomic mass is 35.5. The Morgan fingerprint density at radius 3 is 2.48 bits per heavy atom. The fourth-order valence-electron chi connectivity index (χ4n) is 2.89.